The maximum Gasteiger partial charge on any atom is 0.338 e. The molecule has 9 heteroatoms. The van der Waals surface area contributed by atoms with Crippen LogP contribution in [0.2, 0.25) is 0 Å². The second-order valence-electron chi connectivity index (χ2n) is 6.22. The highest BCUT2D eigenvalue weighted by molar-refractivity contribution is 5.95. The molecule has 1 aliphatic rings. The van der Waals surface area contributed by atoms with Gasteiger partial charge < -0.3 is 20.1 Å². The van der Waals surface area contributed by atoms with Gasteiger partial charge in [-0.15, -0.1) is 0 Å². The molecule has 1 heterocycles. The molecule has 2 aromatic carbocycles. The Labute approximate surface area is 166 Å². The number of urea groups is 1. The first-order chi connectivity index (χ1) is 14.0. The molecule has 9 nitrogen and oxygen atoms in total. The lowest BCUT2D eigenvalue weighted by molar-refractivity contribution is -0.384. The largest absolute Gasteiger partial charge is 0.490 e. The average Bonchev–Trinajstić information content (AvgIpc) is 2.71. The van der Waals surface area contributed by atoms with Crippen LogP contribution in [0.4, 0.5) is 10.5 Å². The molecule has 0 aromatic heterocycles. The lowest BCUT2D eigenvalue weighted by atomic mass is 9.95. The molecule has 29 heavy (non-hydrogen) atoms. The van der Waals surface area contributed by atoms with E-state index in [1.807, 2.05) is 18.2 Å². The number of carbonyl (C=O) groups is 2. The summed E-state index contributed by atoms with van der Waals surface area (Å²) in [6, 6.07) is 13.5. The van der Waals surface area contributed by atoms with E-state index in [2.05, 4.69) is 10.6 Å². The summed E-state index contributed by atoms with van der Waals surface area (Å²) in [6.45, 7) is 1.73. The van der Waals surface area contributed by atoms with Gasteiger partial charge in [-0.1, -0.05) is 30.3 Å². The van der Waals surface area contributed by atoms with E-state index < -0.39 is 23.0 Å². The van der Waals surface area contributed by atoms with Crippen LogP contribution >= 0.6 is 0 Å². The number of hydrogen-bond acceptors (Lipinski definition) is 6. The van der Waals surface area contributed by atoms with E-state index >= 15 is 0 Å². The number of nitrogens with one attached hydrogen (secondary N) is 2. The summed E-state index contributed by atoms with van der Waals surface area (Å²) in [7, 11) is 0. The van der Waals surface area contributed by atoms with E-state index in [0.29, 0.717) is 17.0 Å². The fourth-order valence-corrected chi connectivity index (χ4v) is 2.92. The summed E-state index contributed by atoms with van der Waals surface area (Å²) in [5.74, 6) is 0.00295. The van der Waals surface area contributed by atoms with Crippen LogP contribution in [0, 0.1) is 10.1 Å². The molecule has 150 valence electrons. The number of rotatable bonds is 7. The Morgan fingerprint density at radius 1 is 1.14 bits per heavy atom. The van der Waals surface area contributed by atoms with Crippen molar-refractivity contribution in [2.24, 2.45) is 0 Å². The monoisotopic (exact) mass is 397 g/mol. The van der Waals surface area contributed by atoms with Crippen LogP contribution in [0.3, 0.4) is 0 Å². The number of nitro benzene ring substituents is 1. The fraction of sp³-hybridized carbons (Fsp3) is 0.200. The highest BCUT2D eigenvalue weighted by Gasteiger charge is 2.32. The van der Waals surface area contributed by atoms with Crippen molar-refractivity contribution in [3.8, 4) is 5.75 Å². The van der Waals surface area contributed by atoms with E-state index in [9.17, 15) is 19.7 Å². The first-order valence-electron chi connectivity index (χ1n) is 8.83. The zero-order chi connectivity index (χ0) is 20.8. The van der Waals surface area contributed by atoms with Gasteiger partial charge in [0, 0.05) is 17.8 Å². The van der Waals surface area contributed by atoms with Crippen molar-refractivity contribution in [2.75, 3.05) is 13.2 Å². The number of non-ortho nitro benzene ring substituents is 1. The van der Waals surface area contributed by atoms with Crippen molar-refractivity contribution in [2.45, 2.75) is 13.0 Å². The first-order valence-corrected chi connectivity index (χ1v) is 8.83. The Bertz CT molecular complexity index is 958. The summed E-state index contributed by atoms with van der Waals surface area (Å²) < 4.78 is 10.8. The zero-order valence-electron chi connectivity index (χ0n) is 15.6. The maximum atomic E-state index is 12.7. The Balaban J connectivity index is 1.72. The van der Waals surface area contributed by atoms with Crippen molar-refractivity contribution in [3.05, 3.63) is 81.5 Å². The zero-order valence-corrected chi connectivity index (χ0v) is 15.6. The van der Waals surface area contributed by atoms with Crippen LogP contribution in [0.15, 0.2) is 65.9 Å². The summed E-state index contributed by atoms with van der Waals surface area (Å²) >= 11 is 0. The van der Waals surface area contributed by atoms with Crippen LogP contribution in [0.1, 0.15) is 18.5 Å². The van der Waals surface area contributed by atoms with Gasteiger partial charge in [0.1, 0.15) is 19.0 Å². The SMILES string of the molecule is CC1=C(C(=O)OCCOc2ccccc2)[C@@H](c2cccc([N+](=O)[O-])c2)NC(=O)N1. The molecule has 0 aliphatic carbocycles. The normalized spacial score (nSPS) is 15.9. The number of ether oxygens (including phenoxy) is 2. The second kappa shape index (κ2) is 8.87. The standard InChI is InChI=1S/C20H19N3O6/c1-13-17(19(24)29-11-10-28-16-8-3-2-4-9-16)18(22-20(25)21-13)14-6-5-7-15(12-14)23(26)27/h2-9,12,18H,10-11H2,1H3,(H2,21,22,25)/t18-/m1/s1. The molecule has 0 bridgehead atoms. The van der Waals surface area contributed by atoms with E-state index in [0.717, 1.165) is 0 Å². The Hall–Kier alpha value is -3.88. The van der Waals surface area contributed by atoms with Crippen molar-refractivity contribution in [1.82, 2.24) is 10.6 Å². The molecular formula is C20H19N3O6. The molecule has 2 N–H and O–H groups in total. The molecule has 0 saturated carbocycles. The third-order valence-electron chi connectivity index (χ3n) is 4.23. The minimum Gasteiger partial charge on any atom is -0.490 e. The Morgan fingerprint density at radius 2 is 1.90 bits per heavy atom. The number of esters is 1. The summed E-state index contributed by atoms with van der Waals surface area (Å²) in [4.78, 5) is 35.1. The topological polar surface area (TPSA) is 120 Å². The molecule has 0 fully saturated rings. The van der Waals surface area contributed by atoms with E-state index in [-0.39, 0.29) is 24.5 Å². The lowest BCUT2D eigenvalue weighted by Gasteiger charge is -2.28. The van der Waals surface area contributed by atoms with Crippen LogP contribution in [-0.2, 0) is 9.53 Å². The van der Waals surface area contributed by atoms with Crippen LogP contribution in [0.25, 0.3) is 0 Å². The van der Waals surface area contributed by atoms with Crippen molar-refractivity contribution in [1.29, 1.82) is 0 Å². The highest BCUT2D eigenvalue weighted by Crippen LogP contribution is 2.29. The van der Waals surface area contributed by atoms with Gasteiger partial charge in [-0.2, -0.15) is 0 Å². The lowest BCUT2D eigenvalue weighted by Crippen LogP contribution is -2.45. The summed E-state index contributed by atoms with van der Waals surface area (Å²) in [6.07, 6.45) is 0. The second-order valence-corrected chi connectivity index (χ2v) is 6.22. The molecular weight excluding hydrogens is 378 g/mol. The number of amides is 2. The third-order valence-corrected chi connectivity index (χ3v) is 4.23. The minimum absolute atomic E-state index is 0.000111. The molecule has 2 amide bonds. The number of para-hydroxylation sites is 1. The van der Waals surface area contributed by atoms with Gasteiger partial charge in [-0.3, -0.25) is 10.1 Å². The van der Waals surface area contributed by atoms with Gasteiger partial charge in [-0.05, 0) is 24.6 Å². The molecule has 2 aromatic rings. The molecule has 0 saturated heterocycles. The van der Waals surface area contributed by atoms with Crippen molar-refractivity contribution < 1.29 is 24.0 Å². The van der Waals surface area contributed by atoms with E-state index in [4.69, 9.17) is 9.47 Å². The Morgan fingerprint density at radius 3 is 2.62 bits per heavy atom. The molecule has 1 aliphatic heterocycles. The number of allylic oxidation sites excluding steroid dienone is 1. The van der Waals surface area contributed by atoms with Crippen molar-refractivity contribution >= 4 is 17.7 Å². The molecule has 0 radical (unpaired) electrons. The average molecular weight is 397 g/mol. The fourth-order valence-electron chi connectivity index (χ4n) is 2.92. The molecule has 1 atom stereocenters. The van der Waals surface area contributed by atoms with Crippen molar-refractivity contribution in [3.63, 3.8) is 0 Å². The predicted octanol–water partition coefficient (Wildman–Crippen LogP) is 2.84. The predicted molar refractivity (Wildman–Crippen MR) is 103 cm³/mol. The summed E-state index contributed by atoms with van der Waals surface area (Å²) in [5, 5.41) is 16.2. The summed E-state index contributed by atoms with van der Waals surface area (Å²) in [5.41, 5.74) is 0.752. The molecule has 0 unspecified atom stereocenters. The van der Waals surface area contributed by atoms with Gasteiger partial charge in [0.25, 0.3) is 5.69 Å². The van der Waals surface area contributed by atoms with Crippen LogP contribution in [-0.4, -0.2) is 30.1 Å². The van der Waals surface area contributed by atoms with E-state index in [1.54, 1.807) is 25.1 Å². The number of nitro groups is 1. The molecule has 0 spiro atoms. The van der Waals surface area contributed by atoms with Gasteiger partial charge in [0.2, 0.25) is 0 Å². The van der Waals surface area contributed by atoms with Crippen LogP contribution in [0.5, 0.6) is 5.75 Å². The quantitative estimate of drug-likeness (QED) is 0.321. The number of hydrogen-bond donors (Lipinski definition) is 2. The third kappa shape index (κ3) is 4.89. The minimum atomic E-state index is -0.869. The van der Waals surface area contributed by atoms with Gasteiger partial charge >= 0.3 is 12.0 Å². The highest BCUT2D eigenvalue weighted by atomic mass is 16.6. The number of benzene rings is 2. The first kappa shape index (κ1) is 19.9. The van der Waals surface area contributed by atoms with Gasteiger partial charge in [-0.25, -0.2) is 9.59 Å². The number of carbonyl (C=O) groups excluding carboxylic acids is 2. The smallest absolute Gasteiger partial charge is 0.338 e. The Kier molecular flexibility index (Phi) is 6.08. The number of nitrogens with zero attached hydrogens (tertiary/aromatic N) is 1. The van der Waals surface area contributed by atoms with Crippen LogP contribution < -0.4 is 15.4 Å². The van der Waals surface area contributed by atoms with E-state index in [1.165, 1.54) is 18.2 Å². The molecule has 3 rings (SSSR count). The maximum absolute atomic E-state index is 12.7. The van der Waals surface area contributed by atoms with Gasteiger partial charge in [0.15, 0.2) is 0 Å². The van der Waals surface area contributed by atoms with Gasteiger partial charge in [0.05, 0.1) is 16.5 Å².